The number of hydrogen-bond acceptors (Lipinski definition) is 3. The van der Waals surface area contributed by atoms with Gasteiger partial charge in [0.2, 0.25) is 5.91 Å². The summed E-state index contributed by atoms with van der Waals surface area (Å²) >= 11 is 0. The van der Waals surface area contributed by atoms with Crippen molar-refractivity contribution in [2.24, 2.45) is 5.92 Å². The van der Waals surface area contributed by atoms with Gasteiger partial charge in [0, 0.05) is 25.2 Å². The largest absolute Gasteiger partial charge is 0.484 e. The first-order valence-corrected chi connectivity index (χ1v) is 9.39. The molecule has 1 N–H and O–H groups in total. The summed E-state index contributed by atoms with van der Waals surface area (Å²) in [6, 6.07) is 15.3. The van der Waals surface area contributed by atoms with Gasteiger partial charge in [-0.2, -0.15) is 0 Å². The van der Waals surface area contributed by atoms with Gasteiger partial charge in [-0.05, 0) is 41.7 Å². The molecule has 0 saturated heterocycles. The Labute approximate surface area is 160 Å². The van der Waals surface area contributed by atoms with E-state index < -0.39 is 0 Å². The highest BCUT2D eigenvalue weighted by molar-refractivity contribution is 5.95. The Bertz CT molecular complexity index is 802. The minimum Gasteiger partial charge on any atom is -0.484 e. The summed E-state index contributed by atoms with van der Waals surface area (Å²) in [6.07, 6.45) is 1.43. The number of anilines is 1. The molecule has 3 rings (SSSR count). The number of benzene rings is 2. The maximum atomic E-state index is 12.4. The van der Waals surface area contributed by atoms with Crippen molar-refractivity contribution in [2.75, 3.05) is 18.1 Å². The Morgan fingerprint density at radius 1 is 1.15 bits per heavy atom. The normalized spacial score (nSPS) is 12.8. The summed E-state index contributed by atoms with van der Waals surface area (Å²) in [5, 5.41) is 2.88. The second kappa shape index (κ2) is 8.71. The molecule has 2 aromatic carbocycles. The Kier molecular flexibility index (Phi) is 6.12. The van der Waals surface area contributed by atoms with E-state index in [-0.39, 0.29) is 18.4 Å². The molecule has 1 aliphatic heterocycles. The van der Waals surface area contributed by atoms with Gasteiger partial charge < -0.3 is 15.0 Å². The molecule has 0 spiro atoms. The van der Waals surface area contributed by atoms with Crippen LogP contribution in [0.1, 0.15) is 31.4 Å². The smallest absolute Gasteiger partial charge is 0.258 e. The van der Waals surface area contributed by atoms with Crippen LogP contribution < -0.4 is 15.0 Å². The van der Waals surface area contributed by atoms with E-state index in [1.54, 1.807) is 0 Å². The van der Waals surface area contributed by atoms with Crippen molar-refractivity contribution in [3.8, 4) is 5.75 Å². The number of rotatable bonds is 7. The van der Waals surface area contributed by atoms with E-state index in [9.17, 15) is 9.59 Å². The highest BCUT2D eigenvalue weighted by Crippen LogP contribution is 2.30. The average Bonchev–Trinajstić information content (AvgIpc) is 3.08. The van der Waals surface area contributed by atoms with Crippen LogP contribution in [0.4, 0.5) is 5.69 Å². The van der Waals surface area contributed by atoms with Gasteiger partial charge in [0.05, 0.1) is 0 Å². The number of amides is 2. The lowest BCUT2D eigenvalue weighted by Gasteiger charge is -2.18. The molecule has 0 atom stereocenters. The summed E-state index contributed by atoms with van der Waals surface area (Å²) in [5.74, 6) is 1.06. The molecular weight excluding hydrogens is 340 g/mol. The minimum atomic E-state index is -0.159. The Hall–Kier alpha value is -2.82. The Morgan fingerprint density at radius 2 is 1.93 bits per heavy atom. The first kappa shape index (κ1) is 19.0. The Morgan fingerprint density at radius 3 is 2.67 bits per heavy atom. The van der Waals surface area contributed by atoms with Gasteiger partial charge in [-0.25, -0.2) is 0 Å². The van der Waals surface area contributed by atoms with Crippen LogP contribution in [0.15, 0.2) is 48.5 Å². The minimum absolute atomic E-state index is 0.00750. The highest BCUT2D eigenvalue weighted by Gasteiger charge is 2.25. The van der Waals surface area contributed by atoms with Crippen molar-refractivity contribution in [2.45, 2.75) is 33.2 Å². The maximum absolute atomic E-state index is 12.4. The molecule has 0 aromatic heterocycles. The summed E-state index contributed by atoms with van der Waals surface area (Å²) in [6.45, 7) is 5.29. The second-order valence-corrected chi connectivity index (χ2v) is 7.23. The molecule has 5 nitrogen and oxygen atoms in total. The molecule has 1 heterocycles. The predicted octanol–water partition coefficient (Wildman–Crippen LogP) is 3.32. The zero-order chi connectivity index (χ0) is 19.2. The molecule has 0 bridgehead atoms. The zero-order valence-electron chi connectivity index (χ0n) is 15.9. The van der Waals surface area contributed by atoms with Gasteiger partial charge in [-0.15, -0.1) is 0 Å². The molecule has 1 aliphatic rings. The van der Waals surface area contributed by atoms with E-state index in [1.165, 1.54) is 5.56 Å². The number of para-hydroxylation sites is 1. The molecule has 0 radical (unpaired) electrons. The van der Waals surface area contributed by atoms with Gasteiger partial charge in [0.1, 0.15) is 5.75 Å². The predicted molar refractivity (Wildman–Crippen MR) is 106 cm³/mol. The van der Waals surface area contributed by atoms with E-state index >= 15 is 0 Å². The van der Waals surface area contributed by atoms with Crippen LogP contribution in [0.3, 0.4) is 0 Å². The third-order valence-corrected chi connectivity index (χ3v) is 4.53. The Balaban J connectivity index is 1.52. The molecule has 2 amide bonds. The van der Waals surface area contributed by atoms with E-state index in [0.717, 1.165) is 24.2 Å². The molecule has 2 aromatic rings. The average molecular weight is 366 g/mol. The van der Waals surface area contributed by atoms with E-state index in [2.05, 4.69) is 25.2 Å². The fraction of sp³-hybridized carbons (Fsp3) is 0.364. The molecule has 0 fully saturated rings. The number of nitrogens with zero attached hydrogens (tertiary/aromatic N) is 1. The van der Waals surface area contributed by atoms with Crippen LogP contribution in [-0.4, -0.2) is 25.0 Å². The summed E-state index contributed by atoms with van der Waals surface area (Å²) < 4.78 is 5.45. The lowest BCUT2D eigenvalue weighted by molar-refractivity contribution is -0.123. The lowest BCUT2D eigenvalue weighted by atomic mass is 10.1. The van der Waals surface area contributed by atoms with E-state index in [4.69, 9.17) is 4.74 Å². The van der Waals surface area contributed by atoms with Gasteiger partial charge in [-0.1, -0.05) is 44.2 Å². The standard InChI is InChI=1S/C22H26N2O3/c1-16(2)12-22(26)24-11-10-18-13-17(8-9-20(18)24)14-23-21(25)15-27-19-6-4-3-5-7-19/h3-9,13,16H,10-12,14-15H2,1-2H3,(H,23,25). The zero-order valence-corrected chi connectivity index (χ0v) is 15.9. The number of hydrogen-bond donors (Lipinski definition) is 1. The van der Waals surface area contributed by atoms with Crippen LogP contribution >= 0.6 is 0 Å². The summed E-state index contributed by atoms with van der Waals surface area (Å²) in [7, 11) is 0. The topological polar surface area (TPSA) is 58.6 Å². The van der Waals surface area contributed by atoms with Crippen LogP contribution in [0.2, 0.25) is 0 Å². The fourth-order valence-corrected chi connectivity index (χ4v) is 3.20. The summed E-state index contributed by atoms with van der Waals surface area (Å²) in [4.78, 5) is 26.2. The van der Waals surface area contributed by atoms with Crippen LogP contribution in [0.5, 0.6) is 5.75 Å². The SMILES string of the molecule is CC(C)CC(=O)N1CCc2cc(CNC(=O)COc3ccccc3)ccc21. The first-order valence-electron chi connectivity index (χ1n) is 9.39. The highest BCUT2D eigenvalue weighted by atomic mass is 16.5. The van der Waals surface area contributed by atoms with Crippen LogP contribution in [0, 0.1) is 5.92 Å². The quantitative estimate of drug-likeness (QED) is 0.818. The van der Waals surface area contributed by atoms with Crippen molar-refractivity contribution in [3.63, 3.8) is 0 Å². The second-order valence-electron chi connectivity index (χ2n) is 7.23. The van der Waals surface area contributed by atoms with Gasteiger partial charge in [-0.3, -0.25) is 9.59 Å². The fourth-order valence-electron chi connectivity index (χ4n) is 3.20. The lowest BCUT2D eigenvalue weighted by Crippen LogP contribution is -2.29. The van der Waals surface area contributed by atoms with Crippen molar-refractivity contribution in [1.82, 2.24) is 5.32 Å². The number of carbonyl (C=O) groups excluding carboxylic acids is 2. The third kappa shape index (κ3) is 5.09. The third-order valence-electron chi connectivity index (χ3n) is 4.53. The van der Waals surface area contributed by atoms with Gasteiger partial charge >= 0.3 is 0 Å². The number of carbonyl (C=O) groups is 2. The number of nitrogens with one attached hydrogen (secondary N) is 1. The van der Waals surface area contributed by atoms with Crippen molar-refractivity contribution >= 4 is 17.5 Å². The van der Waals surface area contributed by atoms with E-state index in [0.29, 0.717) is 24.6 Å². The molecule has 0 unspecified atom stereocenters. The summed E-state index contributed by atoms with van der Waals surface area (Å²) in [5.41, 5.74) is 3.20. The molecule has 0 saturated carbocycles. The van der Waals surface area contributed by atoms with Crippen molar-refractivity contribution in [3.05, 3.63) is 59.7 Å². The number of fused-ring (bicyclic) bond motifs is 1. The molecule has 27 heavy (non-hydrogen) atoms. The van der Waals surface area contributed by atoms with Crippen molar-refractivity contribution < 1.29 is 14.3 Å². The van der Waals surface area contributed by atoms with Crippen molar-refractivity contribution in [1.29, 1.82) is 0 Å². The number of ether oxygens (including phenoxy) is 1. The molecule has 142 valence electrons. The molecule has 0 aliphatic carbocycles. The van der Waals surface area contributed by atoms with E-state index in [1.807, 2.05) is 47.4 Å². The first-order chi connectivity index (χ1) is 13.0. The monoisotopic (exact) mass is 366 g/mol. The van der Waals surface area contributed by atoms with Gasteiger partial charge in [0.25, 0.3) is 5.91 Å². The van der Waals surface area contributed by atoms with Crippen LogP contribution in [-0.2, 0) is 22.6 Å². The maximum Gasteiger partial charge on any atom is 0.258 e. The molecular formula is C22H26N2O3. The van der Waals surface area contributed by atoms with Gasteiger partial charge in [0.15, 0.2) is 6.61 Å². The molecule has 5 heteroatoms. The van der Waals surface area contributed by atoms with Crippen LogP contribution in [0.25, 0.3) is 0 Å².